The maximum Gasteiger partial charge on any atom is 0.549 e. The summed E-state index contributed by atoms with van der Waals surface area (Å²) in [5, 5.41) is 7.68. The van der Waals surface area contributed by atoms with E-state index in [2.05, 4.69) is 89.1 Å². The molecule has 3 rings (SSSR count). The zero-order valence-electron chi connectivity index (χ0n) is 38.8. The van der Waals surface area contributed by atoms with Crippen molar-refractivity contribution in [3.05, 3.63) is 123 Å². The first-order valence-corrected chi connectivity index (χ1v) is 26.6. The second-order valence-electron chi connectivity index (χ2n) is 15.1. The molecule has 0 amide bonds. The third kappa shape index (κ3) is 20.7. The first kappa shape index (κ1) is 54.1. The number of carbonyl (C=O) groups is 6. The van der Waals surface area contributed by atoms with Crippen molar-refractivity contribution in [1.82, 2.24) is 0 Å². The summed E-state index contributed by atoms with van der Waals surface area (Å²) < 4.78 is 15.2. The minimum atomic E-state index is -1.34. The van der Waals surface area contributed by atoms with Gasteiger partial charge < -0.3 is 14.2 Å². The molecular weight excluding hydrogens is 901 g/mol. The third-order valence-corrected chi connectivity index (χ3v) is 16.6. The number of ether oxygens (including phenoxy) is 3. The van der Waals surface area contributed by atoms with E-state index in [9.17, 15) is 28.8 Å². The van der Waals surface area contributed by atoms with Crippen LogP contribution in [0, 0.1) is 5.92 Å². The highest BCUT2D eigenvalue weighted by Gasteiger charge is 2.21. The summed E-state index contributed by atoms with van der Waals surface area (Å²) in [5.41, 5.74) is 0.525. The maximum absolute atomic E-state index is 12.6. The van der Waals surface area contributed by atoms with Gasteiger partial charge in [-0.15, -0.1) is 0 Å². The number of hydrogen-bond donors (Lipinski definition) is 0. The van der Waals surface area contributed by atoms with Crippen LogP contribution >= 0.6 is 0 Å². The van der Waals surface area contributed by atoms with Crippen molar-refractivity contribution in [2.75, 3.05) is 19.8 Å². The van der Waals surface area contributed by atoms with Crippen LogP contribution in [0.2, 0.25) is 0 Å². The SMILES string of the molecule is CC/C=C(\CC)[SiH2]c1ccc(C(=O)OOC(=O)OCCC(CCOC(=O)OOC(=O)c2ccc([SiH2]/C(=C/CC)CC)cc2)COC(=O)OOC(=O)c2ccc([SiH2]/C(=C/CC)CC)cc2)cc1. The molecule has 0 aromatic heterocycles. The summed E-state index contributed by atoms with van der Waals surface area (Å²) in [6.45, 7) is 11.6. The number of allylic oxidation sites excluding steroid dienone is 6. The van der Waals surface area contributed by atoms with Crippen molar-refractivity contribution in [2.45, 2.75) is 92.9 Å². The van der Waals surface area contributed by atoms with Gasteiger partial charge in [0.15, 0.2) is 0 Å². The molecule has 66 heavy (non-hydrogen) atoms. The molecule has 0 unspecified atom stereocenters. The largest absolute Gasteiger partial charge is 0.549 e. The van der Waals surface area contributed by atoms with Crippen LogP contribution in [0.15, 0.2) is 107 Å². The Balaban J connectivity index is 1.51. The molecule has 3 aromatic carbocycles. The molecule has 18 heteroatoms. The van der Waals surface area contributed by atoms with Crippen molar-refractivity contribution in [1.29, 1.82) is 0 Å². The van der Waals surface area contributed by atoms with Gasteiger partial charge in [0.25, 0.3) is 0 Å². The van der Waals surface area contributed by atoms with Gasteiger partial charge in [0.2, 0.25) is 0 Å². The zero-order valence-corrected chi connectivity index (χ0v) is 43.0. The molecule has 15 nitrogen and oxygen atoms in total. The molecule has 0 aliphatic carbocycles. The fourth-order valence-corrected chi connectivity index (χ4v) is 11.5. The van der Waals surface area contributed by atoms with E-state index in [1.54, 1.807) is 36.4 Å². The Morgan fingerprint density at radius 1 is 0.424 bits per heavy atom. The number of benzene rings is 3. The molecule has 0 N–H and O–H groups in total. The minimum absolute atomic E-state index is 0.0107. The lowest BCUT2D eigenvalue weighted by molar-refractivity contribution is -0.206. The molecule has 0 saturated heterocycles. The molecule has 356 valence electrons. The van der Waals surface area contributed by atoms with Crippen LogP contribution in [0.4, 0.5) is 14.4 Å². The molecule has 0 saturated carbocycles. The van der Waals surface area contributed by atoms with Crippen molar-refractivity contribution in [3.8, 4) is 0 Å². The summed E-state index contributed by atoms with van der Waals surface area (Å²) in [6, 6.07) is 20.7. The highest BCUT2D eigenvalue weighted by atomic mass is 28.2. The lowest BCUT2D eigenvalue weighted by Gasteiger charge is -2.16. The third-order valence-electron chi connectivity index (χ3n) is 10.2. The van der Waals surface area contributed by atoms with E-state index in [1.165, 1.54) is 15.6 Å². The average Bonchev–Trinajstić information content (AvgIpc) is 3.33. The highest BCUT2D eigenvalue weighted by molar-refractivity contribution is 6.61. The minimum Gasteiger partial charge on any atom is -0.432 e. The van der Waals surface area contributed by atoms with Gasteiger partial charge in [-0.25, -0.2) is 43.7 Å². The van der Waals surface area contributed by atoms with E-state index in [-0.39, 0.29) is 49.4 Å². The second kappa shape index (κ2) is 30.8. The first-order valence-electron chi connectivity index (χ1n) is 22.4. The molecule has 0 aliphatic rings. The van der Waals surface area contributed by atoms with E-state index < -0.39 is 70.9 Å². The van der Waals surface area contributed by atoms with Gasteiger partial charge in [-0.3, -0.25) is 0 Å². The number of rotatable bonds is 23. The van der Waals surface area contributed by atoms with E-state index in [0.717, 1.165) is 54.1 Å². The smallest absolute Gasteiger partial charge is 0.432 e. The first-order chi connectivity index (χ1) is 31.9. The topological polar surface area (TPSA) is 185 Å². The fourth-order valence-electron chi connectivity index (χ4n) is 6.50. The van der Waals surface area contributed by atoms with Crippen LogP contribution in [0.3, 0.4) is 0 Å². The highest BCUT2D eigenvalue weighted by Crippen LogP contribution is 2.14. The standard InChI is InChI=1S/C48H62O15Si3/c1-7-13-37(10-4)64-40-22-16-34(17-23-40)43(49)58-61-46(52)55-30-28-33(32-57-48(54)63-60-45(51)36-20-26-42(27-21-36)66-39(12-6)15-9-3)29-31-56-47(53)62-59-44(50)35-18-24-41(25-19-35)65-38(11-5)14-8-2/h13-27,33H,7-12,28-32,64-66H2,1-6H3/b37-13+,38-14+,39-15+. The predicted octanol–water partition coefficient (Wildman–Crippen LogP) is 6.65. The fraction of sp³-hybridized carbons (Fsp3) is 0.375. The van der Waals surface area contributed by atoms with Crippen molar-refractivity contribution in [2.24, 2.45) is 5.92 Å². The maximum atomic E-state index is 12.6. The van der Waals surface area contributed by atoms with Crippen molar-refractivity contribution in [3.63, 3.8) is 0 Å². The summed E-state index contributed by atoms with van der Waals surface area (Å²) >= 11 is 0. The Labute approximate surface area is 393 Å². The molecule has 0 heterocycles. The van der Waals surface area contributed by atoms with Crippen molar-refractivity contribution < 1.29 is 72.3 Å². The molecule has 0 spiro atoms. The van der Waals surface area contributed by atoms with Crippen LogP contribution in [0.25, 0.3) is 0 Å². The Bertz CT molecular complexity index is 2010. The molecule has 0 fully saturated rings. The lowest BCUT2D eigenvalue weighted by Crippen LogP contribution is -2.22. The van der Waals surface area contributed by atoms with Gasteiger partial charge in [0, 0.05) is 0 Å². The van der Waals surface area contributed by atoms with E-state index in [4.69, 9.17) is 14.2 Å². The Hall–Kier alpha value is -6.25. The average molecular weight is 963 g/mol. The Kier molecular flexibility index (Phi) is 25.2. The molecule has 0 aliphatic heterocycles. The summed E-state index contributed by atoms with van der Waals surface area (Å²) in [4.78, 5) is 102. The Morgan fingerprint density at radius 2 is 0.712 bits per heavy atom. The summed E-state index contributed by atoms with van der Waals surface area (Å²) in [5.74, 6) is -3.37. The molecule has 3 aromatic rings. The molecule has 0 atom stereocenters. The Morgan fingerprint density at radius 3 is 0.985 bits per heavy atom. The van der Waals surface area contributed by atoms with Crippen LogP contribution < -0.4 is 15.6 Å². The van der Waals surface area contributed by atoms with E-state index in [0.29, 0.717) is 0 Å². The van der Waals surface area contributed by atoms with Gasteiger partial charge in [-0.05, 0) is 93.7 Å². The molecule has 0 radical (unpaired) electrons. The van der Waals surface area contributed by atoms with Crippen LogP contribution in [0.1, 0.15) is 124 Å². The van der Waals surface area contributed by atoms with Crippen LogP contribution in [-0.4, -0.2) is 84.8 Å². The van der Waals surface area contributed by atoms with Gasteiger partial charge in [-0.1, -0.05) is 127 Å². The predicted molar refractivity (Wildman–Crippen MR) is 256 cm³/mol. The van der Waals surface area contributed by atoms with E-state index in [1.807, 2.05) is 36.4 Å². The lowest BCUT2D eigenvalue weighted by atomic mass is 10.0. The summed E-state index contributed by atoms with van der Waals surface area (Å²) in [6.07, 6.45) is 8.55. The van der Waals surface area contributed by atoms with Crippen LogP contribution in [0.5, 0.6) is 0 Å². The molecular formula is C48H62O15Si3. The summed E-state index contributed by atoms with van der Waals surface area (Å²) in [7, 11) is -1.96. The number of hydrogen-bond acceptors (Lipinski definition) is 15. The van der Waals surface area contributed by atoms with Gasteiger partial charge in [-0.2, -0.15) is 14.4 Å². The second-order valence-corrected chi connectivity index (χ2v) is 21.3. The normalized spacial score (nSPS) is 12.5. The van der Waals surface area contributed by atoms with Crippen LogP contribution in [-0.2, 0) is 43.5 Å². The van der Waals surface area contributed by atoms with Gasteiger partial charge in [0.1, 0.15) is 0 Å². The van der Waals surface area contributed by atoms with Gasteiger partial charge >= 0.3 is 36.4 Å². The zero-order chi connectivity index (χ0) is 48.1. The van der Waals surface area contributed by atoms with Gasteiger partial charge in [0.05, 0.1) is 65.1 Å². The monoisotopic (exact) mass is 962 g/mol. The van der Waals surface area contributed by atoms with E-state index >= 15 is 0 Å². The quantitative estimate of drug-likeness (QED) is 0.0323. The molecule has 0 bridgehead atoms. The van der Waals surface area contributed by atoms with Crippen molar-refractivity contribution >= 4 is 80.5 Å². The number of carbonyl (C=O) groups excluding carboxylic acids is 6.